The number of benzene rings is 4. The maximum atomic E-state index is 14.3. The van der Waals surface area contributed by atoms with Gasteiger partial charge in [0.1, 0.15) is 41.1 Å². The Hall–Kier alpha value is -8.32. The van der Waals surface area contributed by atoms with Gasteiger partial charge in [0.2, 0.25) is 23.6 Å². The molecular weight excluding hydrogens is 1030 g/mol. The van der Waals surface area contributed by atoms with E-state index in [4.69, 9.17) is 47.6 Å². The van der Waals surface area contributed by atoms with Gasteiger partial charge >= 0.3 is 0 Å². The lowest BCUT2D eigenvalue weighted by Crippen LogP contribution is -2.44. The molecule has 0 aliphatic rings. The minimum atomic E-state index is -1.13. The Kier molecular flexibility index (Phi) is 26.6. The van der Waals surface area contributed by atoms with Gasteiger partial charge in [-0.25, -0.2) is 0 Å². The number of amides is 8. The lowest BCUT2D eigenvalue weighted by atomic mass is 10.0. The van der Waals surface area contributed by atoms with Crippen molar-refractivity contribution in [2.45, 2.75) is 108 Å². The predicted octanol–water partition coefficient (Wildman–Crippen LogP) is 3.87. The molecule has 24 nitrogen and oxygen atoms in total. The molecule has 0 saturated carbocycles. The summed E-state index contributed by atoms with van der Waals surface area (Å²) >= 11 is 0. The fourth-order valence-corrected chi connectivity index (χ4v) is 8.37. The number of carbonyl (C=O) groups excluding carboxylic acids is 8. The van der Waals surface area contributed by atoms with Gasteiger partial charge in [-0.2, -0.15) is 0 Å². The average molecular weight is 1110 g/mol. The number of nitrogens with one attached hydrogen (secondary N) is 7. The normalized spacial score (nSPS) is 12.3. The van der Waals surface area contributed by atoms with Gasteiger partial charge in [0.05, 0.1) is 56.7 Å². The van der Waals surface area contributed by atoms with Gasteiger partial charge < -0.3 is 84.8 Å². The quantitative estimate of drug-likeness (QED) is 0.0295. The standard InChI is InChI=1S/C56H78N12O12/c1-6-7-8-9-10-15-42(54(74)64-35-20-24-48(80-5)40(31-35)52(72)67-43(16-12-27-58)55(75)63-33-18-22-45(77-2)37(29-33)49(61)69)66-50(70)39-32-36(21-25-47(39)79-4)65-56(76)44(17-13-28-59)68-51(71)38-30-34(19-23-46(38)78-3)62-53(73)41(60)14-11-26-57/h18-25,29-32,41-44H,6-17,26-28,57-60H2,1-5H3,(H2,61,69)(H,62,73)(H,63,75)(H,64,74)(H,65,76)(H,66,70)(H,67,72)(H,68,71)/t41-,42-,43-,44-/m0/s1. The number of rotatable bonds is 34. The molecule has 17 N–H and O–H groups in total. The molecule has 0 aliphatic heterocycles. The second-order valence-electron chi connectivity index (χ2n) is 18.7. The number of primary amides is 1. The second-order valence-corrected chi connectivity index (χ2v) is 18.7. The summed E-state index contributed by atoms with van der Waals surface area (Å²) in [6.45, 7) is 2.86. The number of unbranched alkanes of at least 4 members (excludes halogenated alkanes) is 4. The third kappa shape index (κ3) is 19.2. The molecule has 4 rings (SSSR count). The first-order valence-electron chi connectivity index (χ1n) is 26.5. The molecule has 4 atom stereocenters. The summed E-state index contributed by atoms with van der Waals surface area (Å²) in [7, 11) is 5.46. The van der Waals surface area contributed by atoms with Gasteiger partial charge in [-0.3, -0.25) is 38.4 Å². The van der Waals surface area contributed by atoms with Crippen LogP contribution in [0, 0.1) is 0 Å². The van der Waals surface area contributed by atoms with Crippen LogP contribution in [0.1, 0.15) is 125 Å². The number of carbonyl (C=O) groups is 8. The Balaban J connectivity index is 1.56. The highest BCUT2D eigenvalue weighted by Crippen LogP contribution is 2.28. The van der Waals surface area contributed by atoms with Crippen LogP contribution in [0.2, 0.25) is 0 Å². The summed E-state index contributed by atoms with van der Waals surface area (Å²) in [5.74, 6) is -4.60. The van der Waals surface area contributed by atoms with E-state index in [0.29, 0.717) is 38.6 Å². The van der Waals surface area contributed by atoms with Crippen molar-refractivity contribution in [1.29, 1.82) is 0 Å². The molecule has 0 aromatic heterocycles. The van der Waals surface area contributed by atoms with Gasteiger partial charge in [0.25, 0.3) is 23.6 Å². The van der Waals surface area contributed by atoms with Crippen molar-refractivity contribution in [3.05, 3.63) is 95.1 Å². The maximum Gasteiger partial charge on any atom is 0.255 e. The van der Waals surface area contributed by atoms with Crippen LogP contribution in [0.4, 0.5) is 22.7 Å². The van der Waals surface area contributed by atoms with Crippen molar-refractivity contribution in [3.63, 3.8) is 0 Å². The summed E-state index contributed by atoms with van der Waals surface area (Å²) in [5, 5.41) is 19.3. The maximum absolute atomic E-state index is 14.3. The van der Waals surface area contributed by atoms with Crippen LogP contribution in [0.25, 0.3) is 0 Å². The van der Waals surface area contributed by atoms with Crippen LogP contribution in [0.15, 0.2) is 72.8 Å². The molecule has 4 aromatic carbocycles. The Labute approximate surface area is 466 Å². The van der Waals surface area contributed by atoms with Crippen LogP contribution < -0.4 is 84.8 Å². The van der Waals surface area contributed by atoms with E-state index >= 15 is 0 Å². The van der Waals surface area contributed by atoms with E-state index in [-0.39, 0.29) is 100 Å². The molecule has 0 fully saturated rings. The highest BCUT2D eigenvalue weighted by molar-refractivity contribution is 6.07. The largest absolute Gasteiger partial charge is 0.496 e. The molecule has 0 spiro atoms. The van der Waals surface area contributed by atoms with E-state index in [2.05, 4.69) is 44.1 Å². The molecule has 8 amide bonds. The van der Waals surface area contributed by atoms with Crippen LogP contribution in [-0.2, 0) is 19.2 Å². The fourth-order valence-electron chi connectivity index (χ4n) is 8.37. The third-order valence-corrected chi connectivity index (χ3v) is 12.8. The number of hydrogen-bond donors (Lipinski definition) is 12. The molecule has 0 bridgehead atoms. The Morgan fingerprint density at radius 1 is 0.412 bits per heavy atom. The summed E-state index contributed by atoms with van der Waals surface area (Å²) < 4.78 is 21.7. The lowest BCUT2D eigenvalue weighted by Gasteiger charge is -2.22. The zero-order valence-electron chi connectivity index (χ0n) is 46.1. The van der Waals surface area contributed by atoms with Gasteiger partial charge in [-0.15, -0.1) is 0 Å². The number of nitrogens with two attached hydrogens (primary N) is 5. The second kappa shape index (κ2) is 33.2. The molecule has 80 heavy (non-hydrogen) atoms. The Bertz CT molecular complexity index is 2780. The van der Waals surface area contributed by atoms with E-state index in [0.717, 1.165) is 25.7 Å². The van der Waals surface area contributed by atoms with Crippen molar-refractivity contribution in [2.24, 2.45) is 28.7 Å². The van der Waals surface area contributed by atoms with Crippen molar-refractivity contribution >= 4 is 70.0 Å². The zero-order valence-corrected chi connectivity index (χ0v) is 46.1. The van der Waals surface area contributed by atoms with Crippen LogP contribution in [0.5, 0.6) is 23.0 Å². The van der Waals surface area contributed by atoms with Crippen molar-refractivity contribution in [1.82, 2.24) is 16.0 Å². The monoisotopic (exact) mass is 1110 g/mol. The van der Waals surface area contributed by atoms with E-state index in [9.17, 15) is 38.4 Å². The minimum Gasteiger partial charge on any atom is -0.496 e. The van der Waals surface area contributed by atoms with Gasteiger partial charge in [0.15, 0.2) is 0 Å². The van der Waals surface area contributed by atoms with Crippen LogP contribution in [0.3, 0.4) is 0 Å². The molecule has 4 aromatic rings. The summed E-state index contributed by atoms with van der Waals surface area (Å²) in [6, 6.07) is 13.3. The van der Waals surface area contributed by atoms with Crippen LogP contribution in [-0.4, -0.2) is 119 Å². The van der Waals surface area contributed by atoms with Crippen molar-refractivity contribution in [2.75, 3.05) is 69.3 Å². The molecule has 0 aliphatic carbocycles. The van der Waals surface area contributed by atoms with Crippen molar-refractivity contribution in [3.8, 4) is 23.0 Å². The predicted molar refractivity (Wildman–Crippen MR) is 305 cm³/mol. The lowest BCUT2D eigenvalue weighted by molar-refractivity contribution is -0.118. The summed E-state index contributed by atoms with van der Waals surface area (Å²) in [6.07, 6.45) is 6.31. The zero-order chi connectivity index (χ0) is 58.7. The number of hydrogen-bond acceptors (Lipinski definition) is 16. The summed E-state index contributed by atoms with van der Waals surface area (Å²) in [5.41, 5.74) is 29.5. The van der Waals surface area contributed by atoms with Gasteiger partial charge in [-0.05, 0) is 137 Å². The molecule has 24 heteroatoms. The first-order chi connectivity index (χ1) is 38.4. The Morgan fingerprint density at radius 3 is 1.04 bits per heavy atom. The van der Waals surface area contributed by atoms with E-state index < -0.39 is 71.4 Å². The Morgan fingerprint density at radius 2 is 0.713 bits per heavy atom. The number of methoxy groups -OCH3 is 4. The molecule has 434 valence electrons. The topological polar surface area (TPSA) is 388 Å². The van der Waals surface area contributed by atoms with E-state index in [1.54, 1.807) is 6.07 Å². The number of ether oxygens (including phenoxy) is 4. The number of anilines is 4. The first kappa shape index (κ1) is 64.2. The summed E-state index contributed by atoms with van der Waals surface area (Å²) in [4.78, 5) is 109. The van der Waals surface area contributed by atoms with E-state index in [1.165, 1.54) is 95.2 Å². The molecule has 0 radical (unpaired) electrons. The molecule has 0 saturated heterocycles. The highest BCUT2D eigenvalue weighted by Gasteiger charge is 2.29. The van der Waals surface area contributed by atoms with Gasteiger partial charge in [-0.1, -0.05) is 39.0 Å². The average Bonchev–Trinajstić information content (AvgIpc) is 3.48. The smallest absolute Gasteiger partial charge is 0.255 e. The molecule has 0 heterocycles. The van der Waals surface area contributed by atoms with Crippen LogP contribution >= 0.6 is 0 Å². The van der Waals surface area contributed by atoms with E-state index in [1.807, 2.05) is 0 Å². The highest BCUT2D eigenvalue weighted by atomic mass is 16.5. The molecule has 0 unspecified atom stereocenters. The third-order valence-electron chi connectivity index (χ3n) is 12.8. The SMILES string of the molecule is CCCCCCC[C@H](NC(=O)c1cc(NC(=O)[C@H](CCCN)NC(=O)c2cc(NC(=O)[C@@H](N)CCCN)ccc2OC)ccc1OC)C(=O)Nc1ccc(OC)c(C(=O)N[C@@H](CCCN)C(=O)Nc2ccc(OC)c(C(N)=O)c2)c1. The van der Waals surface area contributed by atoms with Gasteiger partial charge in [0, 0.05) is 22.7 Å². The van der Waals surface area contributed by atoms with Crippen molar-refractivity contribution < 1.29 is 57.3 Å². The minimum absolute atomic E-state index is 0.0241. The fraction of sp³-hybridized carbons (Fsp3) is 0.429. The molecular formula is C56H78N12O12. The first-order valence-corrected chi connectivity index (χ1v) is 26.5.